The highest BCUT2D eigenvalue weighted by Crippen LogP contribution is 2.21. The number of anilines is 1. The largest absolute Gasteiger partial charge is 0.309 e. The maximum Gasteiger partial charge on any atom is 0.222 e. The molecule has 3 aromatic rings. The van der Waals surface area contributed by atoms with Gasteiger partial charge in [0.1, 0.15) is 0 Å². The predicted octanol–water partition coefficient (Wildman–Crippen LogP) is 3.69. The van der Waals surface area contributed by atoms with Crippen LogP contribution in [-0.4, -0.2) is 15.9 Å². The lowest BCUT2D eigenvalue weighted by molar-refractivity contribution is -0.114. The van der Waals surface area contributed by atoms with Crippen molar-refractivity contribution in [3.63, 3.8) is 0 Å². The fourth-order valence-electron chi connectivity index (χ4n) is 2.36. The van der Waals surface area contributed by atoms with Gasteiger partial charge >= 0.3 is 0 Å². The van der Waals surface area contributed by atoms with Crippen LogP contribution in [0.1, 0.15) is 18.2 Å². The molecular weight excluding hydrogens is 286 g/mol. The summed E-state index contributed by atoms with van der Waals surface area (Å²) >= 11 is 0. The fraction of sp³-hybridized carbons (Fsp3) is 0.105. The van der Waals surface area contributed by atoms with Crippen LogP contribution < -0.4 is 5.32 Å². The number of hydrogen-bond donors (Lipinski definition) is 1. The van der Waals surface area contributed by atoms with Crippen LogP contribution in [0.15, 0.2) is 66.9 Å². The zero-order valence-electron chi connectivity index (χ0n) is 12.9. The van der Waals surface area contributed by atoms with Crippen molar-refractivity contribution in [3.8, 4) is 11.3 Å². The summed E-state index contributed by atoms with van der Waals surface area (Å²) in [6.07, 6.45) is 2.30. The van der Waals surface area contributed by atoms with E-state index in [0.717, 1.165) is 22.5 Å². The van der Waals surface area contributed by atoms with Crippen LogP contribution in [0, 0.1) is 0 Å². The summed E-state index contributed by atoms with van der Waals surface area (Å²) < 4.78 is 0. The van der Waals surface area contributed by atoms with Gasteiger partial charge in [0.2, 0.25) is 5.91 Å². The van der Waals surface area contributed by atoms with Gasteiger partial charge in [-0.05, 0) is 5.56 Å². The summed E-state index contributed by atoms with van der Waals surface area (Å²) in [6, 6.07) is 19.9. The highest BCUT2D eigenvalue weighted by atomic mass is 16.1. The van der Waals surface area contributed by atoms with Gasteiger partial charge in [-0.2, -0.15) is 0 Å². The minimum atomic E-state index is -0.152. The smallest absolute Gasteiger partial charge is 0.222 e. The molecule has 0 atom stereocenters. The van der Waals surface area contributed by atoms with Crippen LogP contribution in [-0.2, 0) is 11.2 Å². The molecule has 0 aliphatic heterocycles. The van der Waals surface area contributed by atoms with E-state index in [4.69, 9.17) is 4.98 Å². The molecule has 3 rings (SSSR count). The number of benzene rings is 2. The summed E-state index contributed by atoms with van der Waals surface area (Å²) in [4.78, 5) is 20.5. The fourth-order valence-corrected chi connectivity index (χ4v) is 2.36. The van der Waals surface area contributed by atoms with E-state index in [2.05, 4.69) is 10.3 Å². The summed E-state index contributed by atoms with van der Waals surface area (Å²) in [6.45, 7) is 1.47. The number of carbonyl (C=O) groups excluding carboxylic acids is 1. The Hall–Kier alpha value is -3.01. The van der Waals surface area contributed by atoms with Crippen molar-refractivity contribution >= 4 is 11.7 Å². The molecule has 0 spiro atoms. The number of amides is 1. The number of nitrogens with zero attached hydrogens (tertiary/aromatic N) is 2. The maximum atomic E-state index is 11.4. The van der Waals surface area contributed by atoms with Gasteiger partial charge < -0.3 is 5.32 Å². The molecule has 4 nitrogen and oxygen atoms in total. The molecule has 0 aliphatic carbocycles. The monoisotopic (exact) mass is 303 g/mol. The topological polar surface area (TPSA) is 54.9 Å². The minimum absolute atomic E-state index is 0.152. The third-order valence-corrected chi connectivity index (χ3v) is 3.42. The van der Waals surface area contributed by atoms with Gasteiger partial charge in [-0.3, -0.25) is 4.79 Å². The molecule has 0 radical (unpaired) electrons. The van der Waals surface area contributed by atoms with Crippen molar-refractivity contribution in [2.75, 3.05) is 5.32 Å². The normalized spacial score (nSPS) is 10.3. The average Bonchev–Trinajstić information content (AvgIpc) is 2.58. The lowest BCUT2D eigenvalue weighted by atomic mass is 10.1. The van der Waals surface area contributed by atoms with Crippen molar-refractivity contribution in [2.24, 2.45) is 0 Å². The first-order valence-corrected chi connectivity index (χ1v) is 7.45. The summed E-state index contributed by atoms with van der Waals surface area (Å²) in [5, 5.41) is 2.76. The van der Waals surface area contributed by atoms with E-state index in [1.54, 1.807) is 6.20 Å². The molecule has 114 valence electrons. The Morgan fingerprint density at radius 1 is 1.00 bits per heavy atom. The first-order chi connectivity index (χ1) is 11.2. The van der Waals surface area contributed by atoms with E-state index in [0.29, 0.717) is 12.2 Å². The van der Waals surface area contributed by atoms with Gasteiger partial charge in [0.15, 0.2) is 5.82 Å². The summed E-state index contributed by atoms with van der Waals surface area (Å²) in [7, 11) is 0. The van der Waals surface area contributed by atoms with Crippen LogP contribution in [0.4, 0.5) is 5.82 Å². The molecule has 0 bridgehead atoms. The average molecular weight is 303 g/mol. The van der Waals surface area contributed by atoms with Crippen LogP contribution in [0.2, 0.25) is 0 Å². The quantitative estimate of drug-likeness (QED) is 0.799. The summed E-state index contributed by atoms with van der Waals surface area (Å²) in [5.74, 6) is 0.363. The molecule has 0 aliphatic rings. The standard InChI is InChI=1S/C19H17N3O/c1-14(23)21-19-17(12-15-8-4-2-5-9-15)22-18(13-20-19)16-10-6-3-7-11-16/h2-11,13H,12H2,1H3,(H,20,21,23). The lowest BCUT2D eigenvalue weighted by Gasteiger charge is -2.10. The van der Waals surface area contributed by atoms with Crippen LogP contribution >= 0.6 is 0 Å². The van der Waals surface area contributed by atoms with Crippen LogP contribution in [0.3, 0.4) is 0 Å². The van der Waals surface area contributed by atoms with E-state index in [9.17, 15) is 4.79 Å². The van der Waals surface area contributed by atoms with Crippen LogP contribution in [0.5, 0.6) is 0 Å². The Kier molecular flexibility index (Phi) is 4.43. The number of hydrogen-bond acceptors (Lipinski definition) is 3. The molecule has 0 saturated heterocycles. The third-order valence-electron chi connectivity index (χ3n) is 3.42. The van der Waals surface area contributed by atoms with Gasteiger partial charge in [0.05, 0.1) is 17.6 Å². The Morgan fingerprint density at radius 3 is 2.30 bits per heavy atom. The number of nitrogens with one attached hydrogen (secondary N) is 1. The van der Waals surface area contributed by atoms with Gasteiger partial charge in [0.25, 0.3) is 0 Å². The van der Waals surface area contributed by atoms with Gasteiger partial charge in [-0.15, -0.1) is 0 Å². The Balaban J connectivity index is 2.00. The predicted molar refractivity (Wildman–Crippen MR) is 91.0 cm³/mol. The molecule has 1 amide bonds. The highest BCUT2D eigenvalue weighted by molar-refractivity contribution is 5.88. The van der Waals surface area contributed by atoms with Crippen molar-refractivity contribution in [1.82, 2.24) is 9.97 Å². The second-order valence-corrected chi connectivity index (χ2v) is 5.26. The second-order valence-electron chi connectivity index (χ2n) is 5.26. The first-order valence-electron chi connectivity index (χ1n) is 7.45. The molecule has 1 aromatic heterocycles. The maximum absolute atomic E-state index is 11.4. The molecule has 0 fully saturated rings. The third kappa shape index (κ3) is 3.80. The summed E-state index contributed by atoms with van der Waals surface area (Å²) in [5.41, 5.74) is 3.68. The molecule has 1 heterocycles. The van der Waals surface area contributed by atoms with Crippen molar-refractivity contribution < 1.29 is 4.79 Å². The number of carbonyl (C=O) groups is 1. The molecule has 2 aromatic carbocycles. The number of rotatable bonds is 4. The van der Waals surface area contributed by atoms with Crippen molar-refractivity contribution in [1.29, 1.82) is 0 Å². The van der Waals surface area contributed by atoms with Gasteiger partial charge in [0, 0.05) is 18.9 Å². The Bertz CT molecular complexity index is 801. The minimum Gasteiger partial charge on any atom is -0.309 e. The Labute approximate surface area is 135 Å². The molecular formula is C19H17N3O. The van der Waals surface area contributed by atoms with E-state index in [1.807, 2.05) is 60.7 Å². The highest BCUT2D eigenvalue weighted by Gasteiger charge is 2.11. The zero-order valence-corrected chi connectivity index (χ0v) is 12.9. The molecule has 1 N–H and O–H groups in total. The zero-order chi connectivity index (χ0) is 16.1. The lowest BCUT2D eigenvalue weighted by Crippen LogP contribution is -2.12. The van der Waals surface area contributed by atoms with Gasteiger partial charge in [-0.1, -0.05) is 60.7 Å². The van der Waals surface area contributed by atoms with Crippen molar-refractivity contribution in [3.05, 3.63) is 78.1 Å². The first kappa shape index (κ1) is 14.9. The van der Waals surface area contributed by atoms with E-state index >= 15 is 0 Å². The van der Waals surface area contributed by atoms with Gasteiger partial charge in [-0.25, -0.2) is 9.97 Å². The van der Waals surface area contributed by atoms with E-state index in [-0.39, 0.29) is 5.91 Å². The molecule has 0 saturated carbocycles. The Morgan fingerprint density at radius 2 is 1.65 bits per heavy atom. The van der Waals surface area contributed by atoms with Crippen molar-refractivity contribution in [2.45, 2.75) is 13.3 Å². The molecule has 4 heteroatoms. The second kappa shape index (κ2) is 6.83. The van der Waals surface area contributed by atoms with E-state index < -0.39 is 0 Å². The number of aromatic nitrogens is 2. The van der Waals surface area contributed by atoms with Crippen LogP contribution in [0.25, 0.3) is 11.3 Å². The van der Waals surface area contributed by atoms with E-state index in [1.165, 1.54) is 6.92 Å². The molecule has 0 unspecified atom stereocenters. The molecule has 23 heavy (non-hydrogen) atoms. The SMILES string of the molecule is CC(=O)Nc1ncc(-c2ccccc2)nc1Cc1ccccc1.